The highest BCUT2D eigenvalue weighted by Gasteiger charge is 2.32. The van der Waals surface area contributed by atoms with Crippen LogP contribution < -0.4 is 0 Å². The molecule has 1 aliphatic carbocycles. The third-order valence-corrected chi connectivity index (χ3v) is 5.56. The van der Waals surface area contributed by atoms with E-state index >= 15 is 0 Å². The third-order valence-electron chi connectivity index (χ3n) is 2.96. The Morgan fingerprint density at radius 1 is 1.44 bits per heavy atom. The van der Waals surface area contributed by atoms with Gasteiger partial charge in [0.25, 0.3) is 0 Å². The molecule has 0 aromatic heterocycles. The van der Waals surface area contributed by atoms with E-state index in [4.69, 9.17) is 16.3 Å². The van der Waals surface area contributed by atoms with Crippen molar-refractivity contribution in [1.82, 2.24) is 4.31 Å². The van der Waals surface area contributed by atoms with Crippen molar-refractivity contribution >= 4 is 21.6 Å². The smallest absolute Gasteiger partial charge is 0.216 e. The van der Waals surface area contributed by atoms with Gasteiger partial charge >= 0.3 is 0 Å². The van der Waals surface area contributed by atoms with Crippen LogP contribution in [0.3, 0.4) is 0 Å². The molecule has 1 saturated carbocycles. The van der Waals surface area contributed by atoms with Crippen LogP contribution in [0.5, 0.6) is 0 Å². The number of alkyl halides is 1. The van der Waals surface area contributed by atoms with Crippen molar-refractivity contribution < 1.29 is 13.2 Å². The molecule has 0 radical (unpaired) electrons. The fourth-order valence-corrected chi connectivity index (χ4v) is 4.30. The predicted molar refractivity (Wildman–Crippen MR) is 65.3 cm³/mol. The van der Waals surface area contributed by atoms with Gasteiger partial charge in [-0.1, -0.05) is 12.8 Å². The monoisotopic (exact) mass is 269 g/mol. The van der Waals surface area contributed by atoms with E-state index in [2.05, 4.69) is 0 Å². The first-order valence-corrected chi connectivity index (χ1v) is 7.50. The molecule has 96 valence electrons. The van der Waals surface area contributed by atoms with E-state index in [1.54, 1.807) is 14.2 Å². The highest BCUT2D eigenvalue weighted by atomic mass is 35.5. The van der Waals surface area contributed by atoms with Crippen LogP contribution in [0.4, 0.5) is 0 Å². The Morgan fingerprint density at radius 3 is 2.50 bits per heavy atom. The molecule has 0 aromatic rings. The lowest BCUT2D eigenvalue weighted by Crippen LogP contribution is -2.39. The lowest BCUT2D eigenvalue weighted by Gasteiger charge is -2.23. The standard InChI is InChI=1S/C10H20ClNO3S/c1-12(7-9(11)8-15-2)16(13,14)10-5-3-4-6-10/h9-10H,3-8H2,1-2H3. The van der Waals surface area contributed by atoms with Gasteiger partial charge in [-0.15, -0.1) is 11.6 Å². The SMILES string of the molecule is COCC(Cl)CN(C)S(=O)(=O)C1CCCC1. The zero-order valence-electron chi connectivity index (χ0n) is 9.86. The van der Waals surface area contributed by atoms with Crippen molar-refractivity contribution in [1.29, 1.82) is 0 Å². The molecule has 6 heteroatoms. The number of halogens is 1. The molecule has 0 spiro atoms. The summed E-state index contributed by atoms with van der Waals surface area (Å²) in [6.45, 7) is 0.681. The average Bonchev–Trinajstić information content (AvgIpc) is 2.70. The van der Waals surface area contributed by atoms with Crippen molar-refractivity contribution in [3.05, 3.63) is 0 Å². The number of ether oxygens (including phenoxy) is 1. The zero-order valence-corrected chi connectivity index (χ0v) is 11.4. The van der Waals surface area contributed by atoms with E-state index in [0.717, 1.165) is 25.7 Å². The normalized spacial score (nSPS) is 20.5. The molecular formula is C10H20ClNO3S. The Labute approximate surface area is 103 Å². The summed E-state index contributed by atoms with van der Waals surface area (Å²) < 4.78 is 30.5. The highest BCUT2D eigenvalue weighted by molar-refractivity contribution is 7.89. The van der Waals surface area contributed by atoms with Gasteiger partial charge in [0.05, 0.1) is 17.2 Å². The average molecular weight is 270 g/mol. The van der Waals surface area contributed by atoms with Crippen LogP contribution in [0.15, 0.2) is 0 Å². The Kier molecular flexibility index (Phi) is 5.50. The second-order valence-corrected chi connectivity index (χ2v) is 7.22. The molecule has 1 atom stereocenters. The Bertz CT molecular complexity index is 301. The van der Waals surface area contributed by atoms with Gasteiger partial charge in [0.1, 0.15) is 0 Å². The van der Waals surface area contributed by atoms with Gasteiger partial charge < -0.3 is 4.74 Å². The minimum Gasteiger partial charge on any atom is -0.383 e. The molecule has 1 rings (SSSR count). The van der Waals surface area contributed by atoms with Crippen molar-refractivity contribution in [3.8, 4) is 0 Å². The Morgan fingerprint density at radius 2 is 2.00 bits per heavy atom. The molecule has 1 aliphatic rings. The van der Waals surface area contributed by atoms with Gasteiger partial charge in [-0.25, -0.2) is 12.7 Å². The molecule has 0 N–H and O–H groups in total. The maximum atomic E-state index is 12.1. The summed E-state index contributed by atoms with van der Waals surface area (Å²) in [5.74, 6) is 0. The summed E-state index contributed by atoms with van der Waals surface area (Å²) in [6.07, 6.45) is 3.59. The molecule has 0 bridgehead atoms. The van der Waals surface area contributed by atoms with Crippen molar-refractivity contribution in [2.45, 2.75) is 36.3 Å². The minimum absolute atomic E-state index is 0.205. The van der Waals surface area contributed by atoms with E-state index in [9.17, 15) is 8.42 Å². The number of hydrogen-bond donors (Lipinski definition) is 0. The summed E-state index contributed by atoms with van der Waals surface area (Å²) in [5, 5.41) is -0.491. The molecule has 1 fully saturated rings. The quantitative estimate of drug-likeness (QED) is 0.686. The zero-order chi connectivity index (χ0) is 12.2. The summed E-state index contributed by atoms with van der Waals surface area (Å²) in [6, 6.07) is 0. The van der Waals surface area contributed by atoms with E-state index in [0.29, 0.717) is 13.2 Å². The fraction of sp³-hybridized carbons (Fsp3) is 1.00. The Hall–Kier alpha value is 0.160. The number of nitrogens with zero attached hydrogens (tertiary/aromatic N) is 1. The molecular weight excluding hydrogens is 250 g/mol. The summed E-state index contributed by atoms with van der Waals surface area (Å²) in [7, 11) is -0.00643. The summed E-state index contributed by atoms with van der Waals surface area (Å²) in [5.41, 5.74) is 0. The molecule has 1 unspecified atom stereocenters. The maximum absolute atomic E-state index is 12.1. The predicted octanol–water partition coefficient (Wildman–Crippen LogP) is 1.44. The third kappa shape index (κ3) is 3.58. The van der Waals surface area contributed by atoms with Crippen molar-refractivity contribution in [2.75, 3.05) is 27.3 Å². The molecule has 4 nitrogen and oxygen atoms in total. The summed E-state index contributed by atoms with van der Waals surface area (Å²) in [4.78, 5) is 0. The number of hydrogen-bond acceptors (Lipinski definition) is 3. The van der Waals surface area contributed by atoms with Crippen LogP contribution in [0, 0.1) is 0 Å². The Balaban J connectivity index is 2.54. The van der Waals surface area contributed by atoms with Gasteiger partial charge in [0.15, 0.2) is 0 Å². The minimum atomic E-state index is -3.16. The first-order chi connectivity index (χ1) is 7.48. The number of rotatable bonds is 6. The van der Waals surface area contributed by atoms with E-state index in [-0.39, 0.29) is 10.6 Å². The first-order valence-electron chi connectivity index (χ1n) is 5.56. The summed E-state index contributed by atoms with van der Waals surface area (Å²) >= 11 is 5.96. The van der Waals surface area contributed by atoms with Crippen LogP contribution in [0.25, 0.3) is 0 Å². The largest absolute Gasteiger partial charge is 0.383 e. The number of sulfonamides is 1. The van der Waals surface area contributed by atoms with Gasteiger partial charge in [0.2, 0.25) is 10.0 Å². The lowest BCUT2D eigenvalue weighted by atomic mass is 10.4. The van der Waals surface area contributed by atoms with Crippen LogP contribution in [0.2, 0.25) is 0 Å². The van der Waals surface area contributed by atoms with Gasteiger partial charge in [0, 0.05) is 20.7 Å². The second kappa shape index (κ2) is 6.19. The van der Waals surface area contributed by atoms with E-state index in [1.165, 1.54) is 4.31 Å². The van der Waals surface area contributed by atoms with Crippen LogP contribution in [0.1, 0.15) is 25.7 Å². The highest BCUT2D eigenvalue weighted by Crippen LogP contribution is 2.26. The molecule has 0 aliphatic heterocycles. The molecule has 0 saturated heterocycles. The van der Waals surface area contributed by atoms with Gasteiger partial charge in [-0.2, -0.15) is 0 Å². The van der Waals surface area contributed by atoms with Crippen molar-refractivity contribution in [2.24, 2.45) is 0 Å². The van der Waals surface area contributed by atoms with Crippen LogP contribution >= 0.6 is 11.6 Å². The van der Waals surface area contributed by atoms with E-state index in [1.807, 2.05) is 0 Å². The van der Waals surface area contributed by atoms with Gasteiger partial charge in [-0.05, 0) is 12.8 Å². The maximum Gasteiger partial charge on any atom is 0.216 e. The number of methoxy groups -OCH3 is 1. The van der Waals surface area contributed by atoms with Crippen LogP contribution in [-0.2, 0) is 14.8 Å². The molecule has 0 aromatic carbocycles. The van der Waals surface area contributed by atoms with Crippen LogP contribution in [-0.4, -0.2) is 50.7 Å². The van der Waals surface area contributed by atoms with Gasteiger partial charge in [-0.3, -0.25) is 0 Å². The first kappa shape index (κ1) is 14.2. The molecule has 0 heterocycles. The topological polar surface area (TPSA) is 46.6 Å². The van der Waals surface area contributed by atoms with E-state index < -0.39 is 10.0 Å². The second-order valence-electron chi connectivity index (χ2n) is 4.28. The molecule has 0 amide bonds. The lowest BCUT2D eigenvalue weighted by molar-refractivity contribution is 0.192. The molecule has 16 heavy (non-hydrogen) atoms. The van der Waals surface area contributed by atoms with Crippen molar-refractivity contribution in [3.63, 3.8) is 0 Å². The fourth-order valence-electron chi connectivity index (χ4n) is 2.06.